The highest BCUT2D eigenvalue weighted by Gasteiger charge is 2.00. The number of benzene rings is 2. The molecule has 0 spiro atoms. The van der Waals surface area contributed by atoms with E-state index < -0.39 is 0 Å². The maximum absolute atomic E-state index is 4.40. The van der Waals surface area contributed by atoms with Gasteiger partial charge in [0.15, 0.2) is 0 Å². The van der Waals surface area contributed by atoms with E-state index >= 15 is 0 Å². The third-order valence-corrected chi connectivity index (χ3v) is 3.40. The van der Waals surface area contributed by atoms with Gasteiger partial charge in [0, 0.05) is 24.8 Å². The van der Waals surface area contributed by atoms with E-state index in [1.165, 1.54) is 16.7 Å². The fourth-order valence-corrected chi connectivity index (χ4v) is 2.35. The molecule has 1 N–H and O–H groups in total. The molecule has 0 saturated carbocycles. The van der Waals surface area contributed by atoms with Gasteiger partial charge >= 0.3 is 0 Å². The van der Waals surface area contributed by atoms with E-state index in [1.807, 2.05) is 29.1 Å². The van der Waals surface area contributed by atoms with E-state index in [0.717, 1.165) is 18.8 Å². The fourth-order valence-electron chi connectivity index (χ4n) is 2.35. The summed E-state index contributed by atoms with van der Waals surface area (Å²) in [4.78, 5) is 0. The molecule has 0 aliphatic rings. The van der Waals surface area contributed by atoms with Crippen molar-refractivity contribution in [1.29, 1.82) is 0 Å². The number of rotatable bonds is 5. The van der Waals surface area contributed by atoms with Gasteiger partial charge < -0.3 is 5.32 Å². The standard InChI is InChI=1S/C18H19N3/c1-15-6-5-7-16(10-15)11-19-12-17-13-20-21(14-17)18-8-3-2-4-9-18/h2-10,13-14,19H,11-12H2,1H3. The second kappa shape index (κ2) is 6.37. The lowest BCUT2D eigenvalue weighted by molar-refractivity contribution is 0.693. The Kier molecular flexibility index (Phi) is 4.12. The highest BCUT2D eigenvalue weighted by atomic mass is 15.3. The number of aryl methyl sites for hydroxylation is 1. The molecule has 3 rings (SSSR count). The first-order chi connectivity index (χ1) is 10.3. The second-order valence-corrected chi connectivity index (χ2v) is 5.22. The first kappa shape index (κ1) is 13.6. The molecule has 0 atom stereocenters. The molecule has 0 unspecified atom stereocenters. The molecular weight excluding hydrogens is 258 g/mol. The number of aromatic nitrogens is 2. The molecule has 0 radical (unpaired) electrons. The highest BCUT2D eigenvalue weighted by Crippen LogP contribution is 2.08. The van der Waals surface area contributed by atoms with E-state index in [9.17, 15) is 0 Å². The van der Waals surface area contributed by atoms with Gasteiger partial charge in [-0.15, -0.1) is 0 Å². The topological polar surface area (TPSA) is 29.9 Å². The molecule has 0 aliphatic heterocycles. The predicted molar refractivity (Wildman–Crippen MR) is 85.3 cm³/mol. The Bertz CT molecular complexity index is 701. The van der Waals surface area contributed by atoms with Crippen molar-refractivity contribution in [2.75, 3.05) is 0 Å². The molecule has 1 heterocycles. The lowest BCUT2D eigenvalue weighted by Crippen LogP contribution is -2.12. The molecule has 3 heteroatoms. The van der Waals surface area contributed by atoms with Crippen molar-refractivity contribution in [3.8, 4) is 5.69 Å². The van der Waals surface area contributed by atoms with Crippen molar-refractivity contribution in [2.24, 2.45) is 0 Å². The lowest BCUT2D eigenvalue weighted by Gasteiger charge is -2.04. The Morgan fingerprint density at radius 2 is 1.76 bits per heavy atom. The molecular formula is C18H19N3. The summed E-state index contributed by atoms with van der Waals surface area (Å²) in [6.07, 6.45) is 3.98. The van der Waals surface area contributed by atoms with Gasteiger partial charge in [-0.1, -0.05) is 48.0 Å². The molecule has 0 bridgehead atoms. The average Bonchev–Trinajstić information content (AvgIpc) is 2.97. The molecule has 0 aliphatic carbocycles. The van der Waals surface area contributed by atoms with Gasteiger partial charge in [0.05, 0.1) is 11.9 Å². The van der Waals surface area contributed by atoms with Gasteiger partial charge in [0.2, 0.25) is 0 Å². The van der Waals surface area contributed by atoms with Gasteiger partial charge in [-0.2, -0.15) is 5.10 Å². The SMILES string of the molecule is Cc1cccc(CNCc2cnn(-c3ccccc3)c2)c1. The Labute approximate surface area is 125 Å². The summed E-state index contributed by atoms with van der Waals surface area (Å²) in [7, 11) is 0. The molecule has 0 fully saturated rings. The van der Waals surface area contributed by atoms with Crippen LogP contribution in [0, 0.1) is 6.92 Å². The second-order valence-electron chi connectivity index (χ2n) is 5.22. The minimum Gasteiger partial charge on any atom is -0.309 e. The van der Waals surface area contributed by atoms with Gasteiger partial charge in [-0.05, 0) is 24.6 Å². The van der Waals surface area contributed by atoms with Crippen LogP contribution in [0.5, 0.6) is 0 Å². The van der Waals surface area contributed by atoms with Crippen LogP contribution in [0.3, 0.4) is 0 Å². The van der Waals surface area contributed by atoms with E-state index in [1.54, 1.807) is 0 Å². The summed E-state index contributed by atoms with van der Waals surface area (Å²) in [5.74, 6) is 0. The molecule has 0 amide bonds. The summed E-state index contributed by atoms with van der Waals surface area (Å²) >= 11 is 0. The quantitative estimate of drug-likeness (QED) is 0.774. The van der Waals surface area contributed by atoms with Crippen LogP contribution in [0.1, 0.15) is 16.7 Å². The van der Waals surface area contributed by atoms with Crippen LogP contribution in [0.2, 0.25) is 0 Å². The summed E-state index contributed by atoms with van der Waals surface area (Å²) in [6.45, 7) is 3.81. The lowest BCUT2D eigenvalue weighted by atomic mass is 10.1. The summed E-state index contributed by atoms with van der Waals surface area (Å²) in [5.41, 5.74) is 4.88. The fraction of sp³-hybridized carbons (Fsp3) is 0.167. The minimum atomic E-state index is 0.820. The van der Waals surface area contributed by atoms with Crippen molar-refractivity contribution in [3.63, 3.8) is 0 Å². The van der Waals surface area contributed by atoms with Crippen LogP contribution in [0.4, 0.5) is 0 Å². The first-order valence-electron chi connectivity index (χ1n) is 7.16. The summed E-state index contributed by atoms with van der Waals surface area (Å²) < 4.78 is 1.91. The number of hydrogen-bond donors (Lipinski definition) is 1. The van der Waals surface area contributed by atoms with Gasteiger partial charge in [0.1, 0.15) is 0 Å². The van der Waals surface area contributed by atoms with E-state index in [-0.39, 0.29) is 0 Å². The number of nitrogens with one attached hydrogen (secondary N) is 1. The maximum atomic E-state index is 4.40. The van der Waals surface area contributed by atoms with Crippen molar-refractivity contribution in [1.82, 2.24) is 15.1 Å². The molecule has 3 aromatic rings. The van der Waals surface area contributed by atoms with Crippen LogP contribution in [0.25, 0.3) is 5.69 Å². The molecule has 2 aromatic carbocycles. The van der Waals surface area contributed by atoms with Crippen molar-refractivity contribution in [2.45, 2.75) is 20.0 Å². The average molecular weight is 277 g/mol. The predicted octanol–water partition coefficient (Wildman–Crippen LogP) is 3.47. The van der Waals surface area contributed by atoms with E-state index in [4.69, 9.17) is 0 Å². The monoisotopic (exact) mass is 277 g/mol. The van der Waals surface area contributed by atoms with E-state index in [0.29, 0.717) is 0 Å². The van der Waals surface area contributed by atoms with Gasteiger partial charge in [0.25, 0.3) is 0 Å². The molecule has 1 aromatic heterocycles. The van der Waals surface area contributed by atoms with Crippen LogP contribution < -0.4 is 5.32 Å². The zero-order chi connectivity index (χ0) is 14.5. The van der Waals surface area contributed by atoms with Gasteiger partial charge in [-0.25, -0.2) is 4.68 Å². The summed E-state index contributed by atoms with van der Waals surface area (Å²) in [5, 5.41) is 7.86. The Hall–Kier alpha value is -2.39. The third kappa shape index (κ3) is 3.58. The number of para-hydroxylation sites is 1. The van der Waals surface area contributed by atoms with Crippen LogP contribution in [-0.4, -0.2) is 9.78 Å². The summed E-state index contributed by atoms with van der Waals surface area (Å²) in [6, 6.07) is 18.7. The molecule has 106 valence electrons. The normalized spacial score (nSPS) is 10.7. The number of nitrogens with zero attached hydrogens (tertiary/aromatic N) is 2. The molecule has 21 heavy (non-hydrogen) atoms. The highest BCUT2D eigenvalue weighted by molar-refractivity contribution is 5.31. The number of hydrogen-bond acceptors (Lipinski definition) is 2. The zero-order valence-electron chi connectivity index (χ0n) is 12.2. The Balaban J connectivity index is 1.58. The van der Waals surface area contributed by atoms with Crippen molar-refractivity contribution >= 4 is 0 Å². The largest absolute Gasteiger partial charge is 0.309 e. The van der Waals surface area contributed by atoms with Crippen molar-refractivity contribution < 1.29 is 0 Å². The Morgan fingerprint density at radius 1 is 0.952 bits per heavy atom. The minimum absolute atomic E-state index is 0.820. The first-order valence-corrected chi connectivity index (χ1v) is 7.16. The van der Waals surface area contributed by atoms with Crippen LogP contribution >= 0.6 is 0 Å². The van der Waals surface area contributed by atoms with Crippen molar-refractivity contribution in [3.05, 3.63) is 83.7 Å². The smallest absolute Gasteiger partial charge is 0.0645 e. The maximum Gasteiger partial charge on any atom is 0.0645 e. The molecule has 0 saturated heterocycles. The van der Waals surface area contributed by atoms with Crippen LogP contribution in [0.15, 0.2) is 67.0 Å². The third-order valence-electron chi connectivity index (χ3n) is 3.40. The molecule has 3 nitrogen and oxygen atoms in total. The van der Waals surface area contributed by atoms with Gasteiger partial charge in [-0.3, -0.25) is 0 Å². The van der Waals surface area contributed by atoms with E-state index in [2.05, 4.69) is 59.9 Å². The Morgan fingerprint density at radius 3 is 2.57 bits per heavy atom. The zero-order valence-corrected chi connectivity index (χ0v) is 12.2. The van der Waals surface area contributed by atoms with Crippen LogP contribution in [-0.2, 0) is 13.1 Å².